The first-order valence-corrected chi connectivity index (χ1v) is 18.5. The van der Waals surface area contributed by atoms with Gasteiger partial charge in [0.2, 0.25) is 5.91 Å². The number of sulfonamides is 1. The summed E-state index contributed by atoms with van der Waals surface area (Å²) in [5.41, 5.74) is -1.91. The lowest BCUT2D eigenvalue weighted by Crippen LogP contribution is -2.60. The van der Waals surface area contributed by atoms with Crippen LogP contribution < -0.4 is 0 Å². The molecule has 3 atom stereocenters. The number of nitrogens with zero attached hydrogens (tertiary/aromatic N) is 2. The zero-order valence-corrected chi connectivity index (χ0v) is 25.7. The molecule has 1 aliphatic heterocycles. The second kappa shape index (κ2) is 12.7. The summed E-state index contributed by atoms with van der Waals surface area (Å²) in [4.78, 5) is 52.0. The van der Waals surface area contributed by atoms with Gasteiger partial charge in [-0.3, -0.25) is 19.3 Å². The Hall–Kier alpha value is -3.04. The normalized spacial score (nSPS) is 22.0. The highest BCUT2D eigenvalue weighted by Gasteiger charge is 2.57. The first-order valence-electron chi connectivity index (χ1n) is 13.3. The predicted octanol–water partition coefficient (Wildman–Crippen LogP) is 3.37. The number of fused-ring (bicyclic) bond motifs is 1. The molecule has 0 N–H and O–H groups in total. The smallest absolute Gasteiger partial charge is 0.467 e. The molecule has 1 heterocycles. The summed E-state index contributed by atoms with van der Waals surface area (Å²) in [5, 5.41) is 0. The van der Waals surface area contributed by atoms with Gasteiger partial charge in [-0.2, -0.15) is 13.2 Å². The number of benzene rings is 1. The van der Waals surface area contributed by atoms with E-state index in [1.54, 1.807) is 6.07 Å². The van der Waals surface area contributed by atoms with Gasteiger partial charge in [-0.05, 0) is 43.0 Å². The zero-order chi connectivity index (χ0) is 31.5. The van der Waals surface area contributed by atoms with Gasteiger partial charge in [-0.1, -0.05) is 43.9 Å². The van der Waals surface area contributed by atoms with Gasteiger partial charge in [0.25, 0.3) is 10.0 Å². The number of ether oxygens (including phenoxy) is 2. The van der Waals surface area contributed by atoms with Gasteiger partial charge >= 0.3 is 18.1 Å². The van der Waals surface area contributed by atoms with Crippen molar-refractivity contribution < 1.29 is 50.2 Å². The van der Waals surface area contributed by atoms with Crippen molar-refractivity contribution >= 4 is 41.7 Å². The molecule has 0 spiro atoms. The quantitative estimate of drug-likeness (QED) is 0.157. The third kappa shape index (κ3) is 7.29. The van der Waals surface area contributed by atoms with Gasteiger partial charge in [0.15, 0.2) is 5.78 Å². The van der Waals surface area contributed by atoms with Gasteiger partial charge in [0.05, 0.1) is 17.4 Å². The van der Waals surface area contributed by atoms with E-state index in [0.717, 1.165) is 19.3 Å². The summed E-state index contributed by atoms with van der Waals surface area (Å²) in [6.45, 7) is 4.88. The minimum atomic E-state index is -5.40. The first-order chi connectivity index (χ1) is 19.4. The van der Waals surface area contributed by atoms with Crippen molar-refractivity contribution in [2.75, 3.05) is 27.0 Å². The second-order valence-electron chi connectivity index (χ2n) is 11.6. The maximum absolute atomic E-state index is 14.1. The van der Waals surface area contributed by atoms with Crippen molar-refractivity contribution in [2.24, 2.45) is 11.3 Å². The van der Waals surface area contributed by atoms with Crippen LogP contribution in [0.25, 0.3) is 0 Å². The highest BCUT2D eigenvalue weighted by atomic mass is 32.2. The number of alkyl halides is 3. The van der Waals surface area contributed by atoms with E-state index in [4.69, 9.17) is 9.47 Å². The fourth-order valence-electron chi connectivity index (χ4n) is 5.13. The van der Waals surface area contributed by atoms with Gasteiger partial charge in [-0.15, -0.1) is 0 Å². The van der Waals surface area contributed by atoms with Crippen molar-refractivity contribution in [2.45, 2.75) is 62.1 Å². The molecule has 42 heavy (non-hydrogen) atoms. The van der Waals surface area contributed by atoms with Gasteiger partial charge < -0.3 is 9.47 Å². The molecule has 2 amide bonds. The molecule has 10 nitrogen and oxygen atoms in total. The zero-order valence-electron chi connectivity index (χ0n) is 23.8. The van der Waals surface area contributed by atoms with Crippen LogP contribution in [0.4, 0.5) is 13.2 Å². The minimum Gasteiger partial charge on any atom is -0.467 e. The highest BCUT2D eigenvalue weighted by molar-refractivity contribution is 7.89. The molecule has 15 heteroatoms. The van der Waals surface area contributed by atoms with Crippen LogP contribution in [0.3, 0.4) is 0 Å². The number of carbonyl (C=O) groups excluding carboxylic acids is 4. The Morgan fingerprint density at radius 3 is 2.38 bits per heavy atom. The Kier molecular flexibility index (Phi) is 10.1. The summed E-state index contributed by atoms with van der Waals surface area (Å²) in [7, 11) is -5.15. The minimum absolute atomic E-state index is 0.00169. The average molecular weight is 633 g/mol. The van der Waals surface area contributed by atoms with Crippen LogP contribution in [-0.4, -0.2) is 88.5 Å². The highest BCUT2D eigenvalue weighted by Crippen LogP contribution is 2.48. The van der Waals surface area contributed by atoms with Gasteiger partial charge in [0, 0.05) is 27.6 Å². The lowest BCUT2D eigenvalue weighted by molar-refractivity contribution is -0.197. The van der Waals surface area contributed by atoms with Crippen molar-refractivity contribution in [3.63, 3.8) is 0 Å². The fourth-order valence-corrected chi connectivity index (χ4v) is 7.37. The van der Waals surface area contributed by atoms with Crippen LogP contribution in [-0.2, 0) is 38.7 Å². The number of halogens is 3. The second-order valence-corrected chi connectivity index (χ2v) is 19.1. The Morgan fingerprint density at radius 2 is 1.81 bits per heavy atom. The lowest BCUT2D eigenvalue weighted by atomic mass is 9.63. The molecule has 0 aromatic heterocycles. The molecule has 0 bridgehead atoms. The van der Waals surface area contributed by atoms with Crippen LogP contribution in [0.15, 0.2) is 47.4 Å². The number of esters is 1. The monoisotopic (exact) mass is 632 g/mol. The molecule has 232 valence electrons. The van der Waals surface area contributed by atoms with Crippen LogP contribution >= 0.6 is 0 Å². The van der Waals surface area contributed by atoms with Crippen LogP contribution in [0.2, 0.25) is 25.7 Å². The third-order valence-corrected chi connectivity index (χ3v) is 11.0. The standard InChI is InChI=1S/C27H35F3N2O8SSi/c1-39-23(34)22(31(25(36)27(28,29)30)18-40-14-15-42(2,3)4)17-26-12-10-20(33)16-19(26)11-13-32(24(26)35)41(37,38)21-8-6-5-7-9-21/h5-10,12,19,22H,11,13-18H2,1-4H3/t19-,22?,26-/m0/s1. The molecule has 1 aromatic carbocycles. The molecule has 1 saturated heterocycles. The van der Waals surface area contributed by atoms with Crippen LogP contribution in [0.5, 0.6) is 0 Å². The summed E-state index contributed by atoms with van der Waals surface area (Å²) >= 11 is 0. The SMILES string of the molecule is COC(=O)C(C[C@@]12C=CC(=O)C[C@@H]1CCN(S(=O)(=O)c1ccccc1)C2=O)N(COCC[Si](C)(C)C)C(=O)C(F)(F)F. The van der Waals surface area contributed by atoms with E-state index in [1.807, 2.05) is 19.6 Å². The van der Waals surface area contributed by atoms with E-state index in [-0.39, 0.29) is 41.6 Å². The van der Waals surface area contributed by atoms with E-state index in [9.17, 15) is 40.8 Å². The number of hydrogen-bond acceptors (Lipinski definition) is 8. The predicted molar refractivity (Wildman–Crippen MR) is 147 cm³/mol. The summed E-state index contributed by atoms with van der Waals surface area (Å²) in [6, 6.07) is 5.68. The summed E-state index contributed by atoms with van der Waals surface area (Å²) < 4.78 is 79.1. The number of allylic oxidation sites excluding steroid dienone is 1. The molecule has 3 rings (SSSR count). The topological polar surface area (TPSA) is 127 Å². The molecular formula is C27H35F3N2O8SSi. The fraction of sp³-hybridized carbons (Fsp3) is 0.556. The van der Waals surface area contributed by atoms with Crippen LogP contribution in [0.1, 0.15) is 19.3 Å². The van der Waals surface area contributed by atoms with E-state index < -0.39 is 72.6 Å². The van der Waals surface area contributed by atoms with Crippen LogP contribution in [0, 0.1) is 11.3 Å². The average Bonchev–Trinajstić information content (AvgIpc) is 2.91. The van der Waals surface area contributed by atoms with Crippen molar-refractivity contribution in [3.8, 4) is 0 Å². The van der Waals surface area contributed by atoms with Crippen molar-refractivity contribution in [1.29, 1.82) is 0 Å². The maximum Gasteiger partial charge on any atom is 0.471 e. The number of amides is 2. The van der Waals surface area contributed by atoms with Crippen molar-refractivity contribution in [3.05, 3.63) is 42.5 Å². The lowest BCUT2D eigenvalue weighted by Gasteiger charge is -2.48. The van der Waals surface area contributed by atoms with E-state index in [0.29, 0.717) is 10.3 Å². The molecule has 0 saturated carbocycles. The first kappa shape index (κ1) is 33.5. The van der Waals surface area contributed by atoms with E-state index >= 15 is 0 Å². The Balaban J connectivity index is 2.07. The molecule has 1 fully saturated rings. The maximum atomic E-state index is 14.1. The number of ketones is 1. The molecule has 0 radical (unpaired) electrons. The molecule has 2 aliphatic rings. The Labute approximate surface area is 243 Å². The van der Waals surface area contributed by atoms with Crippen molar-refractivity contribution in [1.82, 2.24) is 9.21 Å². The number of rotatable bonds is 11. The van der Waals surface area contributed by atoms with Gasteiger partial charge in [0.1, 0.15) is 12.8 Å². The molecule has 1 aromatic rings. The molecular weight excluding hydrogens is 597 g/mol. The summed E-state index contributed by atoms with van der Waals surface area (Å²) in [6.07, 6.45) is -4.15. The Morgan fingerprint density at radius 1 is 1.17 bits per heavy atom. The number of methoxy groups -OCH3 is 1. The Bertz CT molecular complexity index is 1330. The number of piperidine rings is 1. The van der Waals surface area contributed by atoms with E-state index in [1.165, 1.54) is 24.3 Å². The molecule has 1 aliphatic carbocycles. The third-order valence-electron chi connectivity index (χ3n) is 7.49. The number of carbonyl (C=O) groups is 4. The van der Waals surface area contributed by atoms with Gasteiger partial charge in [-0.25, -0.2) is 17.5 Å². The molecule has 1 unspecified atom stereocenters. The summed E-state index contributed by atoms with van der Waals surface area (Å²) in [5.74, 6) is -5.86. The van der Waals surface area contributed by atoms with E-state index in [2.05, 4.69) is 0 Å². The number of hydrogen-bond donors (Lipinski definition) is 0. The largest absolute Gasteiger partial charge is 0.471 e.